The average Bonchev–Trinajstić information content (AvgIpc) is 2.76. The monoisotopic (exact) mass is 429 g/mol. The van der Waals surface area contributed by atoms with Crippen LogP contribution in [0.15, 0.2) is 58.5 Å². The summed E-state index contributed by atoms with van der Waals surface area (Å²) in [5.41, 5.74) is 1.94. The second-order valence-electron chi connectivity index (χ2n) is 7.09. The number of rotatable bonds is 7. The average molecular weight is 430 g/mol. The molecule has 0 radical (unpaired) electrons. The van der Waals surface area contributed by atoms with Gasteiger partial charge in [0.15, 0.2) is 5.16 Å². The number of ether oxygens (including phenoxy) is 1. The van der Waals surface area contributed by atoms with E-state index in [1.165, 1.54) is 0 Å². The first kappa shape index (κ1) is 20.4. The molecule has 29 heavy (non-hydrogen) atoms. The summed E-state index contributed by atoms with van der Waals surface area (Å²) >= 11 is 7.58. The van der Waals surface area contributed by atoms with E-state index >= 15 is 0 Å². The third kappa shape index (κ3) is 5.20. The highest BCUT2D eigenvalue weighted by molar-refractivity contribution is 7.98. The predicted octanol–water partition coefficient (Wildman–Crippen LogP) is 4.06. The molecule has 1 saturated heterocycles. The summed E-state index contributed by atoms with van der Waals surface area (Å²) in [6, 6.07) is 15.4. The molecule has 1 aliphatic heterocycles. The van der Waals surface area contributed by atoms with E-state index in [1.807, 2.05) is 53.1 Å². The molecule has 152 valence electrons. The number of halogens is 1. The minimum absolute atomic E-state index is 0.0381. The number of nitrogens with zero attached hydrogens (tertiary/aromatic N) is 3. The quantitative estimate of drug-likeness (QED) is 0.418. The topological polar surface area (TPSA) is 47.4 Å². The number of hydrogen-bond acceptors (Lipinski definition) is 5. The summed E-state index contributed by atoms with van der Waals surface area (Å²) in [7, 11) is 0. The Labute approximate surface area is 179 Å². The van der Waals surface area contributed by atoms with Crippen molar-refractivity contribution < 1.29 is 4.74 Å². The fourth-order valence-corrected chi connectivity index (χ4v) is 4.57. The summed E-state index contributed by atoms with van der Waals surface area (Å²) in [6.07, 6.45) is 0.911. The molecule has 0 bridgehead atoms. The summed E-state index contributed by atoms with van der Waals surface area (Å²) in [5, 5.41) is 2.17. The second kappa shape index (κ2) is 9.76. The number of hydrogen-bond donors (Lipinski definition) is 0. The zero-order valence-electron chi connectivity index (χ0n) is 16.2. The van der Waals surface area contributed by atoms with Crippen LogP contribution in [0.3, 0.4) is 0 Å². The van der Waals surface area contributed by atoms with Crippen molar-refractivity contribution in [1.29, 1.82) is 0 Å². The van der Waals surface area contributed by atoms with Crippen molar-refractivity contribution in [2.75, 3.05) is 32.8 Å². The Bertz CT molecular complexity index is 1020. The summed E-state index contributed by atoms with van der Waals surface area (Å²) < 4.78 is 7.25. The van der Waals surface area contributed by atoms with Crippen LogP contribution >= 0.6 is 23.4 Å². The van der Waals surface area contributed by atoms with Gasteiger partial charge in [-0.2, -0.15) is 0 Å². The normalized spacial score (nSPS) is 15.1. The Morgan fingerprint density at radius 2 is 1.79 bits per heavy atom. The van der Waals surface area contributed by atoms with Gasteiger partial charge in [0, 0.05) is 37.0 Å². The molecule has 1 aromatic heterocycles. The van der Waals surface area contributed by atoms with Gasteiger partial charge in [0.2, 0.25) is 0 Å². The number of aromatic nitrogens is 2. The molecule has 4 rings (SSSR count). The molecular formula is C22H24ClN3O2S. The van der Waals surface area contributed by atoms with Gasteiger partial charge < -0.3 is 4.74 Å². The van der Waals surface area contributed by atoms with Crippen molar-refractivity contribution in [1.82, 2.24) is 14.5 Å². The van der Waals surface area contributed by atoms with E-state index in [1.54, 1.807) is 11.8 Å². The molecule has 7 heteroatoms. The SMILES string of the molecule is O=c1c2ccccc2nc(SCc2ccc(Cl)cc2)n1CCCN1CCOCC1. The Kier molecular flexibility index (Phi) is 6.87. The Morgan fingerprint density at radius 3 is 2.59 bits per heavy atom. The molecule has 2 aromatic carbocycles. The fraction of sp³-hybridized carbons (Fsp3) is 0.364. The third-order valence-corrected chi connectivity index (χ3v) is 6.37. The predicted molar refractivity (Wildman–Crippen MR) is 119 cm³/mol. The van der Waals surface area contributed by atoms with Crippen LogP contribution in [0.25, 0.3) is 10.9 Å². The molecule has 0 N–H and O–H groups in total. The first-order valence-corrected chi connectivity index (χ1v) is 11.2. The standard InChI is InChI=1S/C22H24ClN3O2S/c23-18-8-6-17(7-9-18)16-29-22-24-20-5-2-1-4-19(20)21(27)26(22)11-3-10-25-12-14-28-15-13-25/h1-2,4-9H,3,10-16H2. The molecule has 1 aliphatic rings. The molecule has 2 heterocycles. The molecule has 0 atom stereocenters. The first-order chi connectivity index (χ1) is 14.2. The van der Waals surface area contributed by atoms with Crippen LogP contribution in [-0.2, 0) is 17.0 Å². The van der Waals surface area contributed by atoms with Crippen LogP contribution in [0.5, 0.6) is 0 Å². The van der Waals surface area contributed by atoms with Crippen molar-refractivity contribution in [3.05, 3.63) is 69.5 Å². The molecule has 5 nitrogen and oxygen atoms in total. The van der Waals surface area contributed by atoms with E-state index in [0.717, 1.165) is 66.3 Å². The minimum atomic E-state index is 0.0381. The van der Waals surface area contributed by atoms with Crippen LogP contribution in [0, 0.1) is 0 Å². The van der Waals surface area contributed by atoms with Gasteiger partial charge in [-0.25, -0.2) is 4.98 Å². The van der Waals surface area contributed by atoms with Crippen molar-refractivity contribution >= 4 is 34.3 Å². The molecule has 0 amide bonds. The summed E-state index contributed by atoms with van der Waals surface area (Å²) in [5.74, 6) is 0.741. The lowest BCUT2D eigenvalue weighted by atomic mass is 10.2. The van der Waals surface area contributed by atoms with Gasteiger partial charge in [0.1, 0.15) is 0 Å². The van der Waals surface area contributed by atoms with Crippen molar-refractivity contribution in [3.63, 3.8) is 0 Å². The molecule has 1 fully saturated rings. The van der Waals surface area contributed by atoms with E-state index in [4.69, 9.17) is 21.3 Å². The van der Waals surface area contributed by atoms with E-state index < -0.39 is 0 Å². The molecule has 3 aromatic rings. The van der Waals surface area contributed by atoms with Crippen LogP contribution in [0.4, 0.5) is 0 Å². The van der Waals surface area contributed by atoms with Crippen LogP contribution in [0.2, 0.25) is 5.02 Å². The van der Waals surface area contributed by atoms with E-state index in [-0.39, 0.29) is 5.56 Å². The molecule has 0 saturated carbocycles. The molecule has 0 spiro atoms. The lowest BCUT2D eigenvalue weighted by Crippen LogP contribution is -2.37. The number of para-hydroxylation sites is 1. The maximum atomic E-state index is 13.1. The number of thioether (sulfide) groups is 1. The highest BCUT2D eigenvalue weighted by atomic mass is 35.5. The highest BCUT2D eigenvalue weighted by Crippen LogP contribution is 2.23. The van der Waals surface area contributed by atoms with E-state index in [2.05, 4.69) is 4.90 Å². The molecule has 0 aliphatic carbocycles. The number of fused-ring (bicyclic) bond motifs is 1. The first-order valence-electron chi connectivity index (χ1n) is 9.87. The molecule has 0 unspecified atom stereocenters. The fourth-order valence-electron chi connectivity index (χ4n) is 3.46. The maximum Gasteiger partial charge on any atom is 0.262 e. The lowest BCUT2D eigenvalue weighted by molar-refractivity contribution is 0.0368. The molecular weight excluding hydrogens is 406 g/mol. The Balaban J connectivity index is 1.54. The van der Waals surface area contributed by atoms with Gasteiger partial charge in [-0.05, 0) is 36.2 Å². The maximum absolute atomic E-state index is 13.1. The van der Waals surface area contributed by atoms with Crippen LogP contribution in [0.1, 0.15) is 12.0 Å². The zero-order valence-corrected chi connectivity index (χ0v) is 17.8. The zero-order chi connectivity index (χ0) is 20.1. The van der Waals surface area contributed by atoms with Crippen molar-refractivity contribution in [2.24, 2.45) is 0 Å². The summed E-state index contributed by atoms with van der Waals surface area (Å²) in [6.45, 7) is 5.13. The Morgan fingerprint density at radius 1 is 1.03 bits per heavy atom. The second-order valence-corrected chi connectivity index (χ2v) is 8.47. The van der Waals surface area contributed by atoms with Crippen LogP contribution < -0.4 is 5.56 Å². The minimum Gasteiger partial charge on any atom is -0.379 e. The number of morpholine rings is 1. The van der Waals surface area contributed by atoms with Gasteiger partial charge >= 0.3 is 0 Å². The Hall–Kier alpha value is -1.86. The number of benzene rings is 2. The van der Waals surface area contributed by atoms with Gasteiger partial charge in [-0.1, -0.05) is 47.6 Å². The summed E-state index contributed by atoms with van der Waals surface area (Å²) in [4.78, 5) is 20.3. The van der Waals surface area contributed by atoms with Gasteiger partial charge in [-0.3, -0.25) is 14.3 Å². The van der Waals surface area contributed by atoms with Crippen LogP contribution in [-0.4, -0.2) is 47.3 Å². The van der Waals surface area contributed by atoms with Gasteiger partial charge in [0.05, 0.1) is 24.1 Å². The highest BCUT2D eigenvalue weighted by Gasteiger charge is 2.14. The van der Waals surface area contributed by atoms with Crippen molar-refractivity contribution in [3.8, 4) is 0 Å². The smallest absolute Gasteiger partial charge is 0.262 e. The van der Waals surface area contributed by atoms with E-state index in [0.29, 0.717) is 11.9 Å². The third-order valence-electron chi connectivity index (χ3n) is 5.07. The lowest BCUT2D eigenvalue weighted by Gasteiger charge is -2.26. The largest absolute Gasteiger partial charge is 0.379 e. The van der Waals surface area contributed by atoms with Gasteiger partial charge in [-0.15, -0.1) is 0 Å². The van der Waals surface area contributed by atoms with E-state index in [9.17, 15) is 4.79 Å². The van der Waals surface area contributed by atoms with Gasteiger partial charge in [0.25, 0.3) is 5.56 Å². The van der Waals surface area contributed by atoms with Crippen molar-refractivity contribution in [2.45, 2.75) is 23.9 Å².